The van der Waals surface area contributed by atoms with Crippen molar-refractivity contribution >= 4 is 65.7 Å². The van der Waals surface area contributed by atoms with Gasteiger partial charge in [-0.25, -0.2) is 8.42 Å². The molecule has 2 aromatic carbocycles. The van der Waals surface area contributed by atoms with Gasteiger partial charge in [0.25, 0.3) is 10.1 Å². The van der Waals surface area contributed by atoms with Crippen molar-refractivity contribution in [3.05, 3.63) is 48.5 Å². The van der Waals surface area contributed by atoms with Crippen molar-refractivity contribution in [3.63, 3.8) is 0 Å². The summed E-state index contributed by atoms with van der Waals surface area (Å²) < 4.78 is 82.6. The minimum Gasteiger partial charge on any atom is -0.347 e. The molecule has 0 saturated carbocycles. The minimum atomic E-state index is -4.37. The third-order valence-electron chi connectivity index (χ3n) is 3.83. The van der Waals surface area contributed by atoms with Gasteiger partial charge in [0, 0.05) is 25.5 Å². The zero-order chi connectivity index (χ0) is 31.1. The standard InChI is InChI=1S/C18H21N7O5S2.2C2H6.O3S/c1-25(2)18-22-16(19-12-6-4-8-14(10-12)24-31(3,26)27)21-17(23-18)20-13-7-5-9-15(11-13)32(28,29)30;2*1-2;1-4(2)3/h4-11,24H,1-3H3,(H,28,29,30)(H2,19,20,21,22,23);2*1-2H3;. The van der Waals surface area contributed by atoms with E-state index in [0.29, 0.717) is 23.0 Å². The molecule has 0 fully saturated rings. The molecule has 3 rings (SSSR count). The second kappa shape index (κ2) is 17.0. The highest BCUT2D eigenvalue weighted by Gasteiger charge is 2.13. The minimum absolute atomic E-state index is 0.115. The van der Waals surface area contributed by atoms with Crippen LogP contribution in [0.4, 0.5) is 34.9 Å². The van der Waals surface area contributed by atoms with Crippen LogP contribution in [0.1, 0.15) is 27.7 Å². The number of nitrogens with one attached hydrogen (secondary N) is 3. The predicted molar refractivity (Wildman–Crippen MR) is 154 cm³/mol. The summed E-state index contributed by atoms with van der Waals surface area (Å²) in [6, 6.07) is 12.1. The number of anilines is 6. The molecule has 0 bridgehead atoms. The molecule has 0 saturated heterocycles. The highest BCUT2D eigenvalue weighted by Crippen LogP contribution is 2.23. The number of hydrogen-bond donors (Lipinski definition) is 4. The molecule has 1 aromatic heterocycles. The van der Waals surface area contributed by atoms with Gasteiger partial charge in [0.15, 0.2) is 0 Å². The van der Waals surface area contributed by atoms with Gasteiger partial charge >= 0.3 is 10.6 Å². The molecular weight excluding hydrogens is 586 g/mol. The normalized spacial score (nSPS) is 10.2. The van der Waals surface area contributed by atoms with E-state index in [0.717, 1.165) is 6.26 Å². The summed E-state index contributed by atoms with van der Waals surface area (Å²) in [5.41, 5.74) is 1.22. The molecule has 1 heterocycles. The molecule has 0 aliphatic rings. The van der Waals surface area contributed by atoms with Gasteiger partial charge in [-0.3, -0.25) is 9.27 Å². The van der Waals surface area contributed by atoms with Crippen LogP contribution in [0.2, 0.25) is 0 Å². The molecule has 3 aromatic rings. The largest absolute Gasteiger partial charge is 0.425 e. The Morgan fingerprint density at radius 3 is 1.60 bits per heavy atom. The fourth-order valence-corrected chi connectivity index (χ4v) is 3.63. The predicted octanol–water partition coefficient (Wildman–Crippen LogP) is 3.09. The van der Waals surface area contributed by atoms with Gasteiger partial charge in [-0.2, -0.15) is 23.4 Å². The van der Waals surface area contributed by atoms with Crippen LogP contribution in [0.25, 0.3) is 0 Å². The Morgan fingerprint density at radius 2 is 1.18 bits per heavy atom. The second-order valence-corrected chi connectivity index (χ2v) is 10.7. The Balaban J connectivity index is 0.00000171. The number of nitrogens with zero attached hydrogens (tertiary/aromatic N) is 4. The Hall–Kier alpha value is -3.87. The van der Waals surface area contributed by atoms with E-state index in [1.807, 2.05) is 27.7 Å². The molecule has 0 aliphatic heterocycles. The van der Waals surface area contributed by atoms with Crippen molar-refractivity contribution in [1.29, 1.82) is 0 Å². The molecule has 0 spiro atoms. The summed E-state index contributed by atoms with van der Waals surface area (Å²) in [6.45, 7) is 8.00. The van der Waals surface area contributed by atoms with Gasteiger partial charge in [-0.05, 0) is 36.4 Å². The summed E-state index contributed by atoms with van der Waals surface area (Å²) >= 11 is 0. The van der Waals surface area contributed by atoms with Crippen LogP contribution in [0, 0.1) is 0 Å². The van der Waals surface area contributed by atoms with E-state index >= 15 is 0 Å². The Labute approximate surface area is 236 Å². The molecule has 0 amide bonds. The molecule has 40 heavy (non-hydrogen) atoms. The topological polar surface area (TPSA) is 218 Å². The first-order valence-electron chi connectivity index (χ1n) is 11.5. The fraction of sp³-hybridized carbons (Fsp3) is 0.318. The van der Waals surface area contributed by atoms with E-state index in [1.54, 1.807) is 49.3 Å². The Morgan fingerprint density at radius 1 is 0.750 bits per heavy atom. The summed E-state index contributed by atoms with van der Waals surface area (Å²) in [7, 11) is -7.45. The lowest BCUT2D eigenvalue weighted by atomic mass is 10.3. The van der Waals surface area contributed by atoms with E-state index < -0.39 is 30.8 Å². The van der Waals surface area contributed by atoms with Crippen LogP contribution in [-0.4, -0.2) is 69.3 Å². The zero-order valence-electron chi connectivity index (χ0n) is 22.9. The smallest absolute Gasteiger partial charge is 0.347 e. The van der Waals surface area contributed by atoms with Gasteiger partial charge in [0.1, 0.15) is 0 Å². The van der Waals surface area contributed by atoms with Crippen LogP contribution >= 0.6 is 0 Å². The maximum Gasteiger partial charge on any atom is 0.425 e. The van der Waals surface area contributed by atoms with Crippen LogP contribution in [0.5, 0.6) is 0 Å². The van der Waals surface area contributed by atoms with Crippen molar-refractivity contribution in [2.45, 2.75) is 32.6 Å². The maximum absolute atomic E-state index is 11.5. The van der Waals surface area contributed by atoms with Crippen LogP contribution in [0.3, 0.4) is 0 Å². The van der Waals surface area contributed by atoms with E-state index in [9.17, 15) is 21.4 Å². The number of aromatic nitrogens is 3. The van der Waals surface area contributed by atoms with E-state index in [-0.39, 0.29) is 16.8 Å². The third kappa shape index (κ3) is 14.3. The van der Waals surface area contributed by atoms with Gasteiger partial charge < -0.3 is 15.5 Å². The number of sulfonamides is 1. The highest BCUT2D eigenvalue weighted by atomic mass is 32.2. The third-order valence-corrected chi connectivity index (χ3v) is 5.29. The van der Waals surface area contributed by atoms with Crippen molar-refractivity contribution in [2.24, 2.45) is 0 Å². The second-order valence-electron chi connectivity index (χ2n) is 7.09. The van der Waals surface area contributed by atoms with E-state index in [4.69, 9.17) is 12.6 Å². The molecule has 222 valence electrons. The van der Waals surface area contributed by atoms with E-state index in [1.165, 1.54) is 18.2 Å². The Kier molecular flexibility index (Phi) is 15.3. The van der Waals surface area contributed by atoms with Crippen LogP contribution in [0.15, 0.2) is 53.4 Å². The monoisotopic (exact) mass is 619 g/mol. The van der Waals surface area contributed by atoms with Gasteiger partial charge in [-0.1, -0.05) is 39.8 Å². The summed E-state index contributed by atoms with van der Waals surface area (Å²) in [5.74, 6) is 0.582. The zero-order valence-corrected chi connectivity index (χ0v) is 25.4. The van der Waals surface area contributed by atoms with E-state index in [2.05, 4.69) is 30.3 Å². The maximum atomic E-state index is 11.5. The lowest BCUT2D eigenvalue weighted by Gasteiger charge is -2.15. The van der Waals surface area contributed by atoms with Crippen molar-refractivity contribution in [3.8, 4) is 0 Å². The van der Waals surface area contributed by atoms with Crippen molar-refractivity contribution in [1.82, 2.24) is 15.0 Å². The molecule has 18 heteroatoms. The van der Waals surface area contributed by atoms with Crippen LogP contribution in [-0.2, 0) is 30.8 Å². The summed E-state index contributed by atoms with van der Waals surface area (Å²) in [6.07, 6.45) is 1.05. The fourth-order valence-electron chi connectivity index (χ4n) is 2.54. The molecule has 0 radical (unpaired) electrons. The molecule has 0 unspecified atom stereocenters. The SMILES string of the molecule is CC.CC.CN(C)c1nc(Nc2cccc(NS(C)(=O)=O)c2)nc(Nc2cccc(S(=O)(=O)O)c2)n1.O=S(=O)=O. The summed E-state index contributed by atoms with van der Waals surface area (Å²) in [4.78, 5) is 14.2. The summed E-state index contributed by atoms with van der Waals surface area (Å²) in [5, 5.41) is 5.87. The first kappa shape index (κ1) is 36.1. The average molecular weight is 620 g/mol. The first-order chi connectivity index (χ1) is 18.6. The number of hydrogen-bond acceptors (Lipinski definition) is 13. The lowest BCUT2D eigenvalue weighted by Crippen LogP contribution is -2.16. The first-order valence-corrected chi connectivity index (χ1v) is 15.8. The van der Waals surface area contributed by atoms with Crippen LogP contribution < -0.4 is 20.3 Å². The molecule has 15 nitrogen and oxygen atoms in total. The molecule has 0 atom stereocenters. The molecule has 0 aliphatic carbocycles. The van der Waals surface area contributed by atoms with Crippen molar-refractivity contribution < 1.29 is 34.0 Å². The lowest BCUT2D eigenvalue weighted by molar-refractivity contribution is 0.483. The quantitative estimate of drug-likeness (QED) is 0.266. The molecule has 4 N–H and O–H groups in total. The van der Waals surface area contributed by atoms with Gasteiger partial charge in [0.05, 0.1) is 16.8 Å². The Bertz CT molecular complexity index is 1560. The molecular formula is C22H33N7O8S3. The number of rotatable bonds is 8. The number of benzene rings is 2. The highest BCUT2D eigenvalue weighted by molar-refractivity contribution is 7.92. The van der Waals surface area contributed by atoms with Gasteiger partial charge in [-0.15, -0.1) is 12.6 Å². The van der Waals surface area contributed by atoms with Crippen molar-refractivity contribution in [2.75, 3.05) is 40.6 Å². The average Bonchev–Trinajstić information content (AvgIpc) is 2.85. The van der Waals surface area contributed by atoms with Gasteiger partial charge in [0.2, 0.25) is 27.9 Å².